The molecule has 6 heteroatoms. The number of hydrogen-bond donors (Lipinski definition) is 2. The van der Waals surface area contributed by atoms with Gasteiger partial charge in [0.25, 0.3) is 0 Å². The van der Waals surface area contributed by atoms with Crippen LogP contribution in [0.3, 0.4) is 0 Å². The number of nitrogens with zero attached hydrogens (tertiary/aromatic N) is 1. The fourth-order valence-electron chi connectivity index (χ4n) is 3.86. The molecule has 6 nitrogen and oxygen atoms in total. The molecule has 0 radical (unpaired) electrons. The van der Waals surface area contributed by atoms with Gasteiger partial charge in [-0.25, -0.2) is 0 Å². The van der Waals surface area contributed by atoms with E-state index >= 15 is 0 Å². The number of amides is 1. The summed E-state index contributed by atoms with van der Waals surface area (Å²) in [6, 6.07) is 1.92. The first-order valence-corrected chi connectivity index (χ1v) is 8.60. The standard InChI is InChI=1S/C19H25N3O3/c1-10-7-11(12-5-6-21-9-14(12)20)8-13-15(17(23)22-16(10)13)18(24)25-19(2,3)4/h5-6,9,11,13,15H,7-8,20H2,1-4H3,(H,22,23). The minimum atomic E-state index is -0.796. The summed E-state index contributed by atoms with van der Waals surface area (Å²) < 4.78 is 5.48. The SMILES string of the molecule is CC1=C2NC(=O)C(C(=O)OC(C)(C)C)C2CC(c2ccncc2N)C1. The van der Waals surface area contributed by atoms with Gasteiger partial charge in [-0.15, -0.1) is 0 Å². The van der Waals surface area contributed by atoms with Gasteiger partial charge < -0.3 is 15.8 Å². The van der Waals surface area contributed by atoms with E-state index in [1.807, 2.05) is 13.0 Å². The third kappa shape index (κ3) is 3.38. The summed E-state index contributed by atoms with van der Waals surface area (Å²) in [5.41, 5.74) is 9.11. The quantitative estimate of drug-likeness (QED) is 0.635. The number of nitrogen functional groups attached to an aromatic ring is 1. The summed E-state index contributed by atoms with van der Waals surface area (Å²) in [4.78, 5) is 29.1. The van der Waals surface area contributed by atoms with E-state index in [0.29, 0.717) is 12.1 Å². The van der Waals surface area contributed by atoms with Gasteiger partial charge in [0.2, 0.25) is 5.91 Å². The van der Waals surface area contributed by atoms with Crippen molar-refractivity contribution in [2.24, 2.45) is 11.8 Å². The second-order valence-corrected chi connectivity index (χ2v) is 7.94. The molecule has 3 atom stereocenters. The van der Waals surface area contributed by atoms with Gasteiger partial charge in [0, 0.05) is 17.8 Å². The number of hydrogen-bond acceptors (Lipinski definition) is 5. The highest BCUT2D eigenvalue weighted by Crippen LogP contribution is 2.46. The number of ether oxygens (including phenoxy) is 1. The van der Waals surface area contributed by atoms with Gasteiger partial charge in [0.15, 0.2) is 0 Å². The number of nitrogens with one attached hydrogen (secondary N) is 1. The smallest absolute Gasteiger partial charge is 0.319 e. The zero-order chi connectivity index (χ0) is 18.4. The van der Waals surface area contributed by atoms with E-state index in [0.717, 1.165) is 23.3 Å². The predicted octanol–water partition coefficient (Wildman–Crippen LogP) is 2.52. The minimum absolute atomic E-state index is 0.161. The Morgan fingerprint density at radius 3 is 2.76 bits per heavy atom. The van der Waals surface area contributed by atoms with Crippen molar-refractivity contribution in [2.75, 3.05) is 5.73 Å². The van der Waals surface area contributed by atoms with Crippen LogP contribution in [0, 0.1) is 11.8 Å². The van der Waals surface area contributed by atoms with Crippen molar-refractivity contribution in [1.82, 2.24) is 10.3 Å². The summed E-state index contributed by atoms with van der Waals surface area (Å²) in [5.74, 6) is -1.55. The van der Waals surface area contributed by atoms with Crippen LogP contribution in [0.5, 0.6) is 0 Å². The highest BCUT2D eigenvalue weighted by atomic mass is 16.6. The third-order valence-corrected chi connectivity index (χ3v) is 4.85. The predicted molar refractivity (Wildman–Crippen MR) is 94.3 cm³/mol. The summed E-state index contributed by atoms with van der Waals surface area (Å²) in [6.07, 6.45) is 4.86. The number of anilines is 1. The van der Waals surface area contributed by atoms with Gasteiger partial charge in [-0.1, -0.05) is 5.57 Å². The van der Waals surface area contributed by atoms with Crippen molar-refractivity contribution in [1.29, 1.82) is 0 Å². The molecule has 1 amide bonds. The Kier molecular flexibility index (Phi) is 4.31. The topological polar surface area (TPSA) is 94.3 Å². The molecule has 25 heavy (non-hydrogen) atoms. The molecule has 3 N–H and O–H groups in total. The zero-order valence-electron chi connectivity index (χ0n) is 15.1. The fraction of sp³-hybridized carbons (Fsp3) is 0.526. The van der Waals surface area contributed by atoms with Gasteiger partial charge in [-0.05, 0) is 58.1 Å². The molecule has 134 valence electrons. The van der Waals surface area contributed by atoms with Crippen LogP contribution in [0.4, 0.5) is 5.69 Å². The Bertz CT molecular complexity index is 749. The van der Waals surface area contributed by atoms with Crippen LogP contribution in [-0.2, 0) is 14.3 Å². The average Bonchev–Trinajstić information content (AvgIpc) is 2.82. The van der Waals surface area contributed by atoms with Crippen molar-refractivity contribution in [2.45, 2.75) is 52.1 Å². The van der Waals surface area contributed by atoms with Gasteiger partial charge in [-0.2, -0.15) is 0 Å². The van der Waals surface area contributed by atoms with Crippen LogP contribution in [0.2, 0.25) is 0 Å². The third-order valence-electron chi connectivity index (χ3n) is 4.85. The van der Waals surface area contributed by atoms with Crippen LogP contribution in [-0.4, -0.2) is 22.5 Å². The number of allylic oxidation sites excluding steroid dienone is 2. The molecule has 0 saturated carbocycles. The molecule has 2 heterocycles. The zero-order valence-corrected chi connectivity index (χ0v) is 15.1. The molecule has 3 unspecified atom stereocenters. The number of aromatic nitrogens is 1. The second kappa shape index (κ2) is 6.17. The highest BCUT2D eigenvalue weighted by molar-refractivity contribution is 6.01. The Morgan fingerprint density at radius 2 is 2.12 bits per heavy atom. The molecule has 1 aliphatic carbocycles. The fourth-order valence-corrected chi connectivity index (χ4v) is 3.86. The molecule has 1 aliphatic heterocycles. The average molecular weight is 343 g/mol. The maximum absolute atomic E-state index is 12.6. The monoisotopic (exact) mass is 343 g/mol. The molecule has 1 saturated heterocycles. The molecular weight excluding hydrogens is 318 g/mol. The number of fused-ring (bicyclic) bond motifs is 1. The van der Waals surface area contributed by atoms with E-state index in [2.05, 4.69) is 10.3 Å². The number of rotatable bonds is 2. The van der Waals surface area contributed by atoms with Crippen LogP contribution in [0.1, 0.15) is 52.0 Å². The van der Waals surface area contributed by atoms with E-state index in [1.165, 1.54) is 0 Å². The van der Waals surface area contributed by atoms with Crippen molar-refractivity contribution in [3.8, 4) is 0 Å². The minimum Gasteiger partial charge on any atom is -0.459 e. The van der Waals surface area contributed by atoms with Crippen LogP contribution in [0.25, 0.3) is 0 Å². The largest absolute Gasteiger partial charge is 0.459 e. The van der Waals surface area contributed by atoms with Crippen molar-refractivity contribution in [3.63, 3.8) is 0 Å². The number of carbonyl (C=O) groups excluding carboxylic acids is 2. The molecule has 0 aromatic carbocycles. The Balaban J connectivity index is 1.90. The van der Waals surface area contributed by atoms with Crippen LogP contribution in [0.15, 0.2) is 29.7 Å². The van der Waals surface area contributed by atoms with E-state index < -0.39 is 17.5 Å². The van der Waals surface area contributed by atoms with Gasteiger partial charge >= 0.3 is 5.97 Å². The Morgan fingerprint density at radius 1 is 1.40 bits per heavy atom. The number of carbonyl (C=O) groups is 2. The molecule has 1 aromatic rings. The maximum atomic E-state index is 12.6. The van der Waals surface area contributed by atoms with E-state index in [1.54, 1.807) is 33.2 Å². The van der Waals surface area contributed by atoms with Gasteiger partial charge in [0.05, 0.1) is 11.9 Å². The first-order chi connectivity index (χ1) is 11.7. The molecular formula is C19H25N3O3. The molecule has 0 bridgehead atoms. The van der Waals surface area contributed by atoms with Crippen molar-refractivity contribution >= 4 is 17.6 Å². The summed E-state index contributed by atoms with van der Waals surface area (Å²) >= 11 is 0. The second-order valence-electron chi connectivity index (χ2n) is 7.94. The number of nitrogens with two attached hydrogens (primary N) is 1. The lowest BCUT2D eigenvalue weighted by atomic mass is 9.74. The summed E-state index contributed by atoms with van der Waals surface area (Å²) in [5, 5.41) is 2.91. The molecule has 3 rings (SSSR count). The normalized spacial score (nSPS) is 26.2. The molecule has 1 fully saturated rings. The Labute approximate surface area is 147 Å². The first-order valence-electron chi connectivity index (χ1n) is 8.60. The lowest BCUT2D eigenvalue weighted by Crippen LogP contribution is -2.35. The van der Waals surface area contributed by atoms with Crippen molar-refractivity contribution in [3.05, 3.63) is 35.3 Å². The number of pyridine rings is 1. The first kappa shape index (κ1) is 17.5. The van der Waals surface area contributed by atoms with Crippen molar-refractivity contribution < 1.29 is 14.3 Å². The van der Waals surface area contributed by atoms with Gasteiger partial charge in [0.1, 0.15) is 11.5 Å². The lowest BCUT2D eigenvalue weighted by Gasteiger charge is -2.31. The molecule has 1 aromatic heterocycles. The van der Waals surface area contributed by atoms with E-state index in [-0.39, 0.29) is 17.7 Å². The van der Waals surface area contributed by atoms with Gasteiger partial charge in [-0.3, -0.25) is 14.6 Å². The van der Waals surface area contributed by atoms with Crippen LogP contribution < -0.4 is 11.1 Å². The molecule has 2 aliphatic rings. The maximum Gasteiger partial charge on any atom is 0.319 e. The van der Waals surface area contributed by atoms with E-state index in [4.69, 9.17) is 10.5 Å². The van der Waals surface area contributed by atoms with E-state index in [9.17, 15) is 9.59 Å². The lowest BCUT2D eigenvalue weighted by molar-refractivity contribution is -0.162. The highest BCUT2D eigenvalue weighted by Gasteiger charge is 2.48. The van der Waals surface area contributed by atoms with Crippen LogP contribution >= 0.6 is 0 Å². The summed E-state index contributed by atoms with van der Waals surface area (Å²) in [6.45, 7) is 7.42. The summed E-state index contributed by atoms with van der Waals surface area (Å²) in [7, 11) is 0. The number of esters is 1. The Hall–Kier alpha value is -2.37. The molecule has 0 spiro atoms.